The molecule has 0 unspecified atom stereocenters. The number of para-hydroxylation sites is 1. The number of rotatable bonds is 7. The molecule has 3 aromatic rings. The number of anilines is 2. The highest BCUT2D eigenvalue weighted by Crippen LogP contribution is 2.35. The van der Waals surface area contributed by atoms with Crippen LogP contribution in [0.25, 0.3) is 0 Å². The molecule has 3 aromatic carbocycles. The van der Waals surface area contributed by atoms with Gasteiger partial charge in [-0.05, 0) is 61.5 Å². The summed E-state index contributed by atoms with van der Waals surface area (Å²) in [4.78, 5) is 12.3. The van der Waals surface area contributed by atoms with Crippen LogP contribution in [0.5, 0.6) is 5.75 Å². The van der Waals surface area contributed by atoms with Crippen molar-refractivity contribution in [2.24, 2.45) is 0 Å². The first-order valence-corrected chi connectivity index (χ1v) is 11.0. The molecule has 0 radical (unpaired) electrons. The Kier molecular flexibility index (Phi) is 6.92. The maximum atomic E-state index is 13.7. The summed E-state index contributed by atoms with van der Waals surface area (Å²) in [5, 5.41) is 2.35. The van der Waals surface area contributed by atoms with Crippen LogP contribution in [0.15, 0.2) is 71.6 Å². The Balaban J connectivity index is 1.81. The molecular weight excluding hydrogens is 464 g/mol. The average molecular weight is 482 g/mol. The molecule has 2 N–H and O–H groups in total. The number of hydrogen-bond acceptors (Lipinski definition) is 4. The zero-order chi connectivity index (χ0) is 24.2. The fraction of sp³-hybridized carbons (Fsp3) is 0.136. The van der Waals surface area contributed by atoms with Crippen molar-refractivity contribution in [1.29, 1.82) is 0 Å². The standard InChI is InChI=1S/C22H18F4N2O4S/c1-2-32-20-12-9-15(22(24,25)26)13-19(20)27-21(29)14-7-10-16(11-8-14)33(30,31)28-18-6-4-3-5-17(18)23/h3-13,28H,2H2,1H3,(H,27,29). The first-order valence-electron chi connectivity index (χ1n) is 9.54. The fourth-order valence-corrected chi connectivity index (χ4v) is 3.88. The second-order valence-electron chi connectivity index (χ2n) is 6.71. The van der Waals surface area contributed by atoms with E-state index in [4.69, 9.17) is 4.74 Å². The van der Waals surface area contributed by atoms with Gasteiger partial charge in [0.15, 0.2) is 0 Å². The van der Waals surface area contributed by atoms with E-state index in [9.17, 15) is 30.8 Å². The highest BCUT2D eigenvalue weighted by Gasteiger charge is 2.31. The lowest BCUT2D eigenvalue weighted by molar-refractivity contribution is -0.137. The molecule has 0 heterocycles. The molecule has 33 heavy (non-hydrogen) atoms. The SMILES string of the molecule is CCOc1ccc(C(F)(F)F)cc1NC(=O)c1ccc(S(=O)(=O)Nc2ccccc2F)cc1. The lowest BCUT2D eigenvalue weighted by atomic mass is 10.1. The third-order valence-corrected chi connectivity index (χ3v) is 5.78. The summed E-state index contributed by atoms with van der Waals surface area (Å²) < 4.78 is 85.2. The maximum Gasteiger partial charge on any atom is 0.416 e. The molecule has 0 aliphatic rings. The van der Waals surface area contributed by atoms with Gasteiger partial charge < -0.3 is 10.1 Å². The topological polar surface area (TPSA) is 84.5 Å². The predicted octanol–water partition coefficient (Wildman–Crippen LogP) is 5.30. The van der Waals surface area contributed by atoms with E-state index < -0.39 is 33.5 Å². The lowest BCUT2D eigenvalue weighted by Gasteiger charge is -2.15. The van der Waals surface area contributed by atoms with Crippen LogP contribution in [0, 0.1) is 5.82 Å². The molecule has 0 bridgehead atoms. The molecule has 11 heteroatoms. The number of ether oxygens (including phenoxy) is 1. The van der Waals surface area contributed by atoms with Crippen LogP contribution in [0.3, 0.4) is 0 Å². The minimum Gasteiger partial charge on any atom is -0.492 e. The van der Waals surface area contributed by atoms with E-state index in [-0.39, 0.29) is 34.2 Å². The summed E-state index contributed by atoms with van der Waals surface area (Å²) in [7, 11) is -4.14. The maximum absolute atomic E-state index is 13.7. The fourth-order valence-electron chi connectivity index (χ4n) is 2.81. The Labute approximate surface area is 187 Å². The number of carbonyl (C=O) groups excluding carboxylic acids is 1. The van der Waals surface area contributed by atoms with Crippen LogP contribution in [-0.4, -0.2) is 20.9 Å². The number of alkyl halides is 3. The van der Waals surface area contributed by atoms with E-state index in [0.717, 1.165) is 36.4 Å². The summed E-state index contributed by atoms with van der Waals surface area (Å²) in [6, 6.07) is 12.5. The molecule has 0 aliphatic carbocycles. The Bertz CT molecular complexity index is 1260. The van der Waals surface area contributed by atoms with Crippen LogP contribution >= 0.6 is 0 Å². The van der Waals surface area contributed by atoms with Crippen molar-refractivity contribution < 1.29 is 35.5 Å². The van der Waals surface area contributed by atoms with Crippen LogP contribution < -0.4 is 14.8 Å². The third-order valence-electron chi connectivity index (χ3n) is 4.40. The largest absolute Gasteiger partial charge is 0.492 e. The minimum absolute atomic E-state index is 0.0142. The van der Waals surface area contributed by atoms with Crippen molar-refractivity contribution in [2.75, 3.05) is 16.6 Å². The number of amides is 1. The van der Waals surface area contributed by atoms with Gasteiger partial charge in [0.05, 0.1) is 28.4 Å². The summed E-state index contributed by atoms with van der Waals surface area (Å²) in [5.74, 6) is -1.49. The second kappa shape index (κ2) is 9.49. The number of benzene rings is 3. The van der Waals surface area contributed by atoms with Gasteiger partial charge in [-0.25, -0.2) is 12.8 Å². The minimum atomic E-state index is -4.62. The van der Waals surface area contributed by atoms with E-state index in [1.54, 1.807) is 6.92 Å². The Morgan fingerprint density at radius 1 is 0.970 bits per heavy atom. The van der Waals surface area contributed by atoms with Crippen molar-refractivity contribution in [3.63, 3.8) is 0 Å². The molecule has 0 spiro atoms. The Morgan fingerprint density at radius 3 is 2.24 bits per heavy atom. The van der Waals surface area contributed by atoms with Crippen LogP contribution in [0.2, 0.25) is 0 Å². The summed E-state index contributed by atoms with van der Waals surface area (Å²) in [5.41, 5.74) is -1.41. The van der Waals surface area contributed by atoms with Gasteiger partial charge in [0, 0.05) is 5.56 Å². The van der Waals surface area contributed by atoms with E-state index in [1.807, 2.05) is 0 Å². The quantitative estimate of drug-likeness (QED) is 0.448. The number of hydrogen-bond donors (Lipinski definition) is 2. The molecule has 0 atom stereocenters. The number of nitrogens with one attached hydrogen (secondary N) is 2. The molecule has 0 saturated heterocycles. The average Bonchev–Trinajstić information content (AvgIpc) is 2.76. The summed E-state index contributed by atoms with van der Waals surface area (Å²) >= 11 is 0. The molecular formula is C22H18F4N2O4S. The van der Waals surface area contributed by atoms with Gasteiger partial charge in [-0.3, -0.25) is 9.52 Å². The Hall–Kier alpha value is -3.60. The molecule has 1 amide bonds. The predicted molar refractivity (Wildman–Crippen MR) is 114 cm³/mol. The highest BCUT2D eigenvalue weighted by atomic mass is 32.2. The number of halogens is 4. The van der Waals surface area contributed by atoms with Crippen LogP contribution in [-0.2, 0) is 16.2 Å². The van der Waals surface area contributed by atoms with Gasteiger partial charge in [-0.1, -0.05) is 12.1 Å². The molecule has 0 aliphatic heterocycles. The molecule has 0 aromatic heterocycles. The second-order valence-corrected chi connectivity index (χ2v) is 8.39. The van der Waals surface area contributed by atoms with Gasteiger partial charge in [-0.15, -0.1) is 0 Å². The van der Waals surface area contributed by atoms with Crippen molar-refractivity contribution in [1.82, 2.24) is 0 Å². The summed E-state index contributed by atoms with van der Waals surface area (Å²) in [6.45, 7) is 1.80. The van der Waals surface area contributed by atoms with Gasteiger partial charge in [0.1, 0.15) is 11.6 Å². The van der Waals surface area contributed by atoms with Crippen molar-refractivity contribution >= 4 is 27.3 Å². The molecule has 6 nitrogen and oxygen atoms in total. The summed E-state index contributed by atoms with van der Waals surface area (Å²) in [6.07, 6.45) is -4.62. The van der Waals surface area contributed by atoms with Crippen molar-refractivity contribution in [3.8, 4) is 5.75 Å². The van der Waals surface area contributed by atoms with E-state index in [2.05, 4.69) is 10.0 Å². The first-order chi connectivity index (χ1) is 15.5. The zero-order valence-corrected chi connectivity index (χ0v) is 17.9. The van der Waals surface area contributed by atoms with E-state index in [1.165, 1.54) is 30.3 Å². The van der Waals surface area contributed by atoms with Crippen LogP contribution in [0.4, 0.5) is 28.9 Å². The van der Waals surface area contributed by atoms with Gasteiger partial charge in [-0.2, -0.15) is 13.2 Å². The van der Waals surface area contributed by atoms with Crippen LogP contribution in [0.1, 0.15) is 22.8 Å². The molecule has 3 rings (SSSR count). The third kappa shape index (κ3) is 5.80. The highest BCUT2D eigenvalue weighted by molar-refractivity contribution is 7.92. The van der Waals surface area contributed by atoms with E-state index >= 15 is 0 Å². The Morgan fingerprint density at radius 2 is 1.64 bits per heavy atom. The first kappa shape index (κ1) is 24.1. The van der Waals surface area contributed by atoms with Gasteiger partial charge in [0.2, 0.25) is 0 Å². The smallest absolute Gasteiger partial charge is 0.416 e. The number of carbonyl (C=O) groups is 1. The lowest BCUT2D eigenvalue weighted by Crippen LogP contribution is -2.16. The van der Waals surface area contributed by atoms with Crippen molar-refractivity contribution in [2.45, 2.75) is 18.0 Å². The number of sulfonamides is 1. The van der Waals surface area contributed by atoms with Crippen molar-refractivity contribution in [3.05, 3.63) is 83.7 Å². The molecule has 0 saturated carbocycles. The monoisotopic (exact) mass is 482 g/mol. The van der Waals surface area contributed by atoms with Gasteiger partial charge in [0.25, 0.3) is 15.9 Å². The van der Waals surface area contributed by atoms with E-state index in [0.29, 0.717) is 0 Å². The zero-order valence-electron chi connectivity index (χ0n) is 17.1. The van der Waals surface area contributed by atoms with Gasteiger partial charge >= 0.3 is 6.18 Å². The molecule has 174 valence electrons. The normalized spacial score (nSPS) is 11.7. The molecule has 0 fully saturated rings.